The standard InChI is InChI=1S/C23H22N4O/c28-22(12-11-19-7-3-1-4-8-19)27-17-15-26(16-18-27)21-13-14-24-23(25-21)20-9-5-2-6-10-20/h1-14H,15-18H2/b12-11+. The average molecular weight is 370 g/mol. The number of anilines is 1. The molecule has 1 amide bonds. The van der Waals surface area contributed by atoms with Crippen LogP contribution in [0.2, 0.25) is 0 Å². The number of hydrogen-bond acceptors (Lipinski definition) is 4. The maximum absolute atomic E-state index is 12.4. The number of rotatable bonds is 4. The predicted octanol–water partition coefficient (Wildman–Crippen LogP) is 3.51. The zero-order valence-electron chi connectivity index (χ0n) is 15.6. The molecule has 1 fully saturated rings. The van der Waals surface area contributed by atoms with Crippen LogP contribution in [-0.2, 0) is 4.79 Å². The summed E-state index contributed by atoms with van der Waals surface area (Å²) in [5.41, 5.74) is 2.04. The highest BCUT2D eigenvalue weighted by atomic mass is 16.2. The van der Waals surface area contributed by atoms with E-state index in [1.54, 1.807) is 12.3 Å². The van der Waals surface area contributed by atoms with Gasteiger partial charge >= 0.3 is 0 Å². The molecule has 0 unspecified atom stereocenters. The van der Waals surface area contributed by atoms with E-state index >= 15 is 0 Å². The fourth-order valence-corrected chi connectivity index (χ4v) is 3.24. The van der Waals surface area contributed by atoms with Crippen LogP contribution in [0.25, 0.3) is 17.5 Å². The van der Waals surface area contributed by atoms with E-state index in [9.17, 15) is 4.79 Å². The zero-order valence-corrected chi connectivity index (χ0v) is 15.6. The number of nitrogens with zero attached hydrogens (tertiary/aromatic N) is 4. The lowest BCUT2D eigenvalue weighted by Gasteiger charge is -2.35. The van der Waals surface area contributed by atoms with Gasteiger partial charge < -0.3 is 9.80 Å². The first-order valence-electron chi connectivity index (χ1n) is 9.45. The van der Waals surface area contributed by atoms with Crippen molar-refractivity contribution in [3.05, 3.63) is 84.6 Å². The summed E-state index contributed by atoms with van der Waals surface area (Å²) in [7, 11) is 0. The Morgan fingerprint density at radius 3 is 2.25 bits per heavy atom. The van der Waals surface area contributed by atoms with E-state index in [0.717, 1.165) is 35.9 Å². The quantitative estimate of drug-likeness (QED) is 0.660. The predicted molar refractivity (Wildman–Crippen MR) is 112 cm³/mol. The van der Waals surface area contributed by atoms with Gasteiger partial charge in [-0.05, 0) is 17.7 Å². The van der Waals surface area contributed by atoms with Gasteiger partial charge in [-0.1, -0.05) is 60.7 Å². The Hall–Kier alpha value is -3.47. The number of carbonyl (C=O) groups is 1. The minimum atomic E-state index is 0.0520. The first kappa shape index (κ1) is 17.9. The van der Waals surface area contributed by atoms with Crippen molar-refractivity contribution in [2.45, 2.75) is 0 Å². The third-order valence-corrected chi connectivity index (χ3v) is 4.81. The van der Waals surface area contributed by atoms with Gasteiger partial charge in [0, 0.05) is 44.0 Å². The van der Waals surface area contributed by atoms with Gasteiger partial charge in [0.25, 0.3) is 0 Å². The zero-order chi connectivity index (χ0) is 19.2. The van der Waals surface area contributed by atoms with Crippen molar-refractivity contribution >= 4 is 17.8 Å². The maximum Gasteiger partial charge on any atom is 0.246 e. The van der Waals surface area contributed by atoms with Crippen molar-refractivity contribution in [1.29, 1.82) is 0 Å². The molecule has 1 saturated heterocycles. The third kappa shape index (κ3) is 4.26. The molecule has 4 rings (SSSR count). The highest BCUT2D eigenvalue weighted by molar-refractivity contribution is 5.91. The molecule has 0 saturated carbocycles. The number of amides is 1. The van der Waals surface area contributed by atoms with Crippen LogP contribution in [0, 0.1) is 0 Å². The molecule has 0 N–H and O–H groups in total. The molecular formula is C23H22N4O. The highest BCUT2D eigenvalue weighted by Gasteiger charge is 2.21. The molecule has 0 aliphatic carbocycles. The molecule has 2 heterocycles. The summed E-state index contributed by atoms with van der Waals surface area (Å²) >= 11 is 0. The van der Waals surface area contributed by atoms with Crippen LogP contribution < -0.4 is 4.90 Å². The van der Waals surface area contributed by atoms with Crippen molar-refractivity contribution < 1.29 is 4.79 Å². The summed E-state index contributed by atoms with van der Waals surface area (Å²) in [6, 6.07) is 21.8. The number of hydrogen-bond donors (Lipinski definition) is 0. The van der Waals surface area contributed by atoms with Crippen molar-refractivity contribution in [3.8, 4) is 11.4 Å². The van der Waals surface area contributed by atoms with Crippen LogP contribution in [0.5, 0.6) is 0 Å². The van der Waals surface area contributed by atoms with Crippen molar-refractivity contribution in [2.75, 3.05) is 31.1 Å². The lowest BCUT2D eigenvalue weighted by molar-refractivity contribution is -0.126. The lowest BCUT2D eigenvalue weighted by atomic mass is 10.2. The van der Waals surface area contributed by atoms with Crippen LogP contribution in [0.4, 0.5) is 5.82 Å². The molecule has 1 aromatic heterocycles. The van der Waals surface area contributed by atoms with Crippen molar-refractivity contribution in [1.82, 2.24) is 14.9 Å². The van der Waals surface area contributed by atoms with E-state index in [1.165, 1.54) is 0 Å². The second-order valence-corrected chi connectivity index (χ2v) is 6.66. The van der Waals surface area contributed by atoms with E-state index in [0.29, 0.717) is 13.1 Å². The third-order valence-electron chi connectivity index (χ3n) is 4.81. The van der Waals surface area contributed by atoms with Crippen molar-refractivity contribution in [3.63, 3.8) is 0 Å². The molecule has 0 spiro atoms. The van der Waals surface area contributed by atoms with Crippen LogP contribution in [0.3, 0.4) is 0 Å². The van der Waals surface area contributed by atoms with Gasteiger partial charge in [0.1, 0.15) is 5.82 Å². The van der Waals surface area contributed by atoms with Crippen LogP contribution in [0.15, 0.2) is 79.0 Å². The number of benzene rings is 2. The summed E-state index contributed by atoms with van der Waals surface area (Å²) in [5, 5.41) is 0. The molecule has 0 atom stereocenters. The molecule has 5 heteroatoms. The summed E-state index contributed by atoms with van der Waals surface area (Å²) in [5.74, 6) is 1.68. The molecule has 140 valence electrons. The van der Waals surface area contributed by atoms with Crippen LogP contribution in [0.1, 0.15) is 5.56 Å². The smallest absolute Gasteiger partial charge is 0.246 e. The van der Waals surface area contributed by atoms with Gasteiger partial charge in [-0.15, -0.1) is 0 Å². The van der Waals surface area contributed by atoms with Crippen molar-refractivity contribution in [2.24, 2.45) is 0 Å². The van der Waals surface area contributed by atoms with E-state index < -0.39 is 0 Å². The average Bonchev–Trinajstić information content (AvgIpc) is 2.79. The molecule has 2 aromatic carbocycles. The second-order valence-electron chi connectivity index (χ2n) is 6.66. The highest BCUT2D eigenvalue weighted by Crippen LogP contribution is 2.19. The van der Waals surface area contributed by atoms with Gasteiger partial charge in [-0.2, -0.15) is 0 Å². The van der Waals surface area contributed by atoms with E-state index in [4.69, 9.17) is 4.98 Å². The van der Waals surface area contributed by atoms with E-state index in [1.807, 2.05) is 77.7 Å². The molecule has 0 radical (unpaired) electrons. The SMILES string of the molecule is O=C(/C=C/c1ccccc1)N1CCN(c2ccnc(-c3ccccc3)n2)CC1. The number of piperazine rings is 1. The van der Waals surface area contributed by atoms with Crippen LogP contribution >= 0.6 is 0 Å². The van der Waals surface area contributed by atoms with Gasteiger partial charge in [0.2, 0.25) is 5.91 Å². The molecule has 1 aliphatic rings. The summed E-state index contributed by atoms with van der Waals surface area (Å²) in [4.78, 5) is 25.6. The molecule has 1 aliphatic heterocycles. The Bertz CT molecular complexity index is 949. The largest absolute Gasteiger partial charge is 0.353 e. The normalized spacial score (nSPS) is 14.4. The van der Waals surface area contributed by atoms with Gasteiger partial charge in [0.05, 0.1) is 0 Å². The minimum absolute atomic E-state index is 0.0520. The number of carbonyl (C=O) groups excluding carboxylic acids is 1. The summed E-state index contributed by atoms with van der Waals surface area (Å²) in [6.45, 7) is 2.89. The fraction of sp³-hybridized carbons (Fsp3) is 0.174. The molecule has 0 bridgehead atoms. The minimum Gasteiger partial charge on any atom is -0.353 e. The second kappa shape index (κ2) is 8.48. The van der Waals surface area contributed by atoms with Gasteiger partial charge in [0.15, 0.2) is 5.82 Å². The summed E-state index contributed by atoms with van der Waals surface area (Å²) in [6.07, 6.45) is 5.32. The van der Waals surface area contributed by atoms with Crippen LogP contribution in [-0.4, -0.2) is 47.0 Å². The lowest BCUT2D eigenvalue weighted by Crippen LogP contribution is -2.48. The topological polar surface area (TPSA) is 49.3 Å². The Labute approximate surface area is 165 Å². The molecular weight excluding hydrogens is 348 g/mol. The molecule has 5 nitrogen and oxygen atoms in total. The van der Waals surface area contributed by atoms with E-state index in [-0.39, 0.29) is 5.91 Å². The number of aromatic nitrogens is 2. The Kier molecular flexibility index (Phi) is 5.43. The van der Waals surface area contributed by atoms with E-state index in [2.05, 4.69) is 9.88 Å². The molecule has 3 aromatic rings. The van der Waals surface area contributed by atoms with Gasteiger partial charge in [-0.25, -0.2) is 9.97 Å². The maximum atomic E-state index is 12.4. The van der Waals surface area contributed by atoms with Gasteiger partial charge in [-0.3, -0.25) is 4.79 Å². The Balaban J connectivity index is 1.38. The Morgan fingerprint density at radius 1 is 0.857 bits per heavy atom. The summed E-state index contributed by atoms with van der Waals surface area (Å²) < 4.78 is 0. The molecule has 28 heavy (non-hydrogen) atoms. The first-order chi connectivity index (χ1) is 13.8. The first-order valence-corrected chi connectivity index (χ1v) is 9.45. The monoisotopic (exact) mass is 370 g/mol. The Morgan fingerprint density at radius 2 is 1.54 bits per heavy atom. The fourth-order valence-electron chi connectivity index (χ4n) is 3.24.